The van der Waals surface area contributed by atoms with Crippen LogP contribution in [0.5, 0.6) is 0 Å². The van der Waals surface area contributed by atoms with Crippen LogP contribution in [0.4, 0.5) is 0 Å². The van der Waals surface area contributed by atoms with E-state index in [2.05, 4.69) is 29.7 Å². The van der Waals surface area contributed by atoms with Crippen LogP contribution < -0.4 is 5.43 Å². The second-order valence-electron chi connectivity index (χ2n) is 3.27. The van der Waals surface area contributed by atoms with Crippen LogP contribution in [-0.4, -0.2) is 11.2 Å². The molecule has 0 saturated carbocycles. The molecule has 0 aliphatic heterocycles. The second kappa shape index (κ2) is 5.05. The minimum absolute atomic E-state index is 0.823. The Morgan fingerprint density at radius 3 is 2.47 bits per heavy atom. The average Bonchev–Trinajstić information content (AvgIpc) is 2.79. The van der Waals surface area contributed by atoms with Crippen LogP contribution >= 0.6 is 0 Å². The molecule has 2 nitrogen and oxygen atoms in total. The van der Waals surface area contributed by atoms with Crippen LogP contribution in [0.2, 0.25) is 0 Å². The number of nitrogens with one attached hydrogen (secondary N) is 1. The molecule has 2 heteroatoms. The van der Waals surface area contributed by atoms with Gasteiger partial charge in [-0.2, -0.15) is 0 Å². The van der Waals surface area contributed by atoms with Crippen molar-refractivity contribution in [2.75, 3.05) is 12.0 Å². The van der Waals surface area contributed by atoms with Crippen molar-refractivity contribution < 1.29 is 0 Å². The van der Waals surface area contributed by atoms with Crippen molar-refractivity contribution in [3.63, 3.8) is 0 Å². The molecule has 0 unspecified atom stereocenters. The lowest BCUT2D eigenvalue weighted by Crippen LogP contribution is -2.11. The fraction of sp³-hybridized carbons (Fsp3) is 0.0769. The van der Waals surface area contributed by atoms with Crippen LogP contribution in [0, 0.1) is 0 Å². The number of rotatable bonds is 4. The summed E-state index contributed by atoms with van der Waals surface area (Å²) in [6, 6.07) is 14.3. The van der Waals surface area contributed by atoms with Gasteiger partial charge in [0.2, 0.25) is 0 Å². The van der Waals surface area contributed by atoms with Gasteiger partial charge in [-0.15, -0.1) is 0 Å². The molecule has 0 bridgehead atoms. The zero-order valence-corrected chi connectivity index (χ0v) is 8.51. The molecule has 0 atom stereocenters. The van der Waals surface area contributed by atoms with Crippen LogP contribution in [-0.2, 0) is 0 Å². The molecular weight excluding hydrogens is 184 g/mol. The Bertz CT molecular complexity index is 401. The van der Waals surface area contributed by atoms with Crippen molar-refractivity contribution in [1.82, 2.24) is 4.68 Å². The minimum atomic E-state index is 0.823. The number of nitrogens with zero attached hydrogens (tertiary/aromatic N) is 1. The molecule has 15 heavy (non-hydrogen) atoms. The smallest absolute Gasteiger partial charge is 0.0497 e. The SMILES string of the molecule is C(=Cc1ccccc1)CNn1cccc1. The van der Waals surface area contributed by atoms with E-state index in [0.717, 1.165) is 6.54 Å². The first-order valence-corrected chi connectivity index (χ1v) is 5.03. The largest absolute Gasteiger partial charge is 0.323 e. The topological polar surface area (TPSA) is 17.0 Å². The molecular formula is C13H14N2. The molecule has 0 fully saturated rings. The number of hydrogen-bond donors (Lipinski definition) is 1. The van der Waals surface area contributed by atoms with Crippen LogP contribution in [0.15, 0.2) is 60.9 Å². The van der Waals surface area contributed by atoms with Crippen molar-refractivity contribution in [3.05, 3.63) is 66.5 Å². The zero-order chi connectivity index (χ0) is 10.3. The molecule has 0 aliphatic rings. The van der Waals surface area contributed by atoms with E-state index < -0.39 is 0 Å². The fourth-order valence-electron chi connectivity index (χ4n) is 1.36. The van der Waals surface area contributed by atoms with Gasteiger partial charge in [-0.1, -0.05) is 42.5 Å². The van der Waals surface area contributed by atoms with E-state index in [0.29, 0.717) is 0 Å². The van der Waals surface area contributed by atoms with Crippen molar-refractivity contribution >= 4 is 6.08 Å². The highest BCUT2D eigenvalue weighted by atomic mass is 15.4. The highest BCUT2D eigenvalue weighted by molar-refractivity contribution is 5.48. The average molecular weight is 198 g/mol. The van der Waals surface area contributed by atoms with Crippen molar-refractivity contribution in [1.29, 1.82) is 0 Å². The summed E-state index contributed by atoms with van der Waals surface area (Å²) in [5, 5.41) is 0. The van der Waals surface area contributed by atoms with Gasteiger partial charge in [-0.05, 0) is 17.7 Å². The lowest BCUT2D eigenvalue weighted by Gasteiger charge is -2.02. The van der Waals surface area contributed by atoms with Crippen molar-refractivity contribution in [3.8, 4) is 0 Å². The van der Waals surface area contributed by atoms with E-state index in [4.69, 9.17) is 0 Å². The van der Waals surface area contributed by atoms with Gasteiger partial charge in [-0.3, -0.25) is 4.68 Å². The van der Waals surface area contributed by atoms with E-state index in [1.165, 1.54) is 5.56 Å². The Balaban J connectivity index is 1.81. The van der Waals surface area contributed by atoms with Gasteiger partial charge in [0.05, 0.1) is 0 Å². The molecule has 0 spiro atoms. The number of aromatic nitrogens is 1. The molecule has 1 aromatic heterocycles. The van der Waals surface area contributed by atoms with Gasteiger partial charge in [0.1, 0.15) is 0 Å². The molecule has 0 amide bonds. The van der Waals surface area contributed by atoms with Crippen molar-refractivity contribution in [2.45, 2.75) is 0 Å². The van der Waals surface area contributed by atoms with E-state index in [1.54, 1.807) is 0 Å². The van der Waals surface area contributed by atoms with E-state index in [1.807, 2.05) is 47.4 Å². The molecule has 2 rings (SSSR count). The molecule has 0 saturated heterocycles. The minimum Gasteiger partial charge on any atom is -0.323 e. The first kappa shape index (κ1) is 9.59. The summed E-state index contributed by atoms with van der Waals surface area (Å²) in [5.41, 5.74) is 4.45. The quantitative estimate of drug-likeness (QED) is 0.799. The van der Waals surface area contributed by atoms with Gasteiger partial charge in [0.25, 0.3) is 0 Å². The Morgan fingerprint density at radius 1 is 1.00 bits per heavy atom. The Morgan fingerprint density at radius 2 is 1.73 bits per heavy atom. The normalized spacial score (nSPS) is 10.7. The standard InChI is InChI=1S/C13H14N2/c1-2-7-13(8-3-1)9-6-10-14-15-11-4-5-12-15/h1-9,11-12,14H,10H2. The zero-order valence-electron chi connectivity index (χ0n) is 8.51. The summed E-state index contributed by atoms with van der Waals surface area (Å²) < 4.78 is 1.94. The predicted molar refractivity (Wildman–Crippen MR) is 64.1 cm³/mol. The summed E-state index contributed by atoms with van der Waals surface area (Å²) in [6.45, 7) is 0.823. The molecule has 0 aliphatic carbocycles. The predicted octanol–water partition coefficient (Wildman–Crippen LogP) is 2.75. The third kappa shape index (κ3) is 3.02. The first-order chi connectivity index (χ1) is 7.45. The van der Waals surface area contributed by atoms with Gasteiger partial charge in [0, 0.05) is 18.9 Å². The van der Waals surface area contributed by atoms with E-state index in [9.17, 15) is 0 Å². The lowest BCUT2D eigenvalue weighted by molar-refractivity contribution is 0.900. The van der Waals surface area contributed by atoms with E-state index in [-0.39, 0.29) is 0 Å². The molecule has 1 N–H and O–H groups in total. The van der Waals surface area contributed by atoms with Gasteiger partial charge in [-0.25, -0.2) is 0 Å². The highest BCUT2D eigenvalue weighted by Crippen LogP contribution is 2.00. The van der Waals surface area contributed by atoms with Crippen molar-refractivity contribution in [2.24, 2.45) is 0 Å². The third-order valence-electron chi connectivity index (χ3n) is 2.11. The van der Waals surface area contributed by atoms with Crippen LogP contribution in [0.1, 0.15) is 5.56 Å². The fourth-order valence-corrected chi connectivity index (χ4v) is 1.36. The summed E-state index contributed by atoms with van der Waals surface area (Å²) >= 11 is 0. The Hall–Kier alpha value is -1.96. The van der Waals surface area contributed by atoms with Crippen LogP contribution in [0.25, 0.3) is 6.08 Å². The molecule has 2 aromatic rings. The summed E-state index contributed by atoms with van der Waals surface area (Å²) in [4.78, 5) is 0. The Labute approximate surface area is 89.8 Å². The van der Waals surface area contributed by atoms with E-state index >= 15 is 0 Å². The Kier molecular flexibility index (Phi) is 3.23. The monoisotopic (exact) mass is 198 g/mol. The van der Waals surface area contributed by atoms with Gasteiger partial charge in [0.15, 0.2) is 0 Å². The van der Waals surface area contributed by atoms with Gasteiger partial charge >= 0.3 is 0 Å². The van der Waals surface area contributed by atoms with Crippen LogP contribution in [0.3, 0.4) is 0 Å². The third-order valence-corrected chi connectivity index (χ3v) is 2.11. The maximum Gasteiger partial charge on any atom is 0.0497 e. The van der Waals surface area contributed by atoms with Gasteiger partial charge < -0.3 is 5.43 Å². The second-order valence-corrected chi connectivity index (χ2v) is 3.27. The molecule has 1 heterocycles. The maximum absolute atomic E-state index is 3.22. The number of hydrogen-bond acceptors (Lipinski definition) is 1. The first-order valence-electron chi connectivity index (χ1n) is 5.03. The maximum atomic E-state index is 3.22. The lowest BCUT2D eigenvalue weighted by atomic mass is 10.2. The molecule has 1 aromatic carbocycles. The summed E-state index contributed by atoms with van der Waals surface area (Å²) in [5.74, 6) is 0. The number of benzene rings is 1. The molecule has 0 radical (unpaired) electrons. The highest BCUT2D eigenvalue weighted by Gasteiger charge is 1.83. The molecule has 76 valence electrons. The summed E-state index contributed by atoms with van der Waals surface area (Å²) in [7, 11) is 0. The summed E-state index contributed by atoms with van der Waals surface area (Å²) in [6.07, 6.45) is 8.18.